The van der Waals surface area contributed by atoms with Gasteiger partial charge in [-0.1, -0.05) is 60.9 Å². The van der Waals surface area contributed by atoms with Crippen LogP contribution in [0.1, 0.15) is 52.9 Å². The van der Waals surface area contributed by atoms with Gasteiger partial charge in [-0.2, -0.15) is 0 Å². The lowest BCUT2D eigenvalue weighted by Gasteiger charge is -2.20. The number of amides is 2. The van der Waals surface area contributed by atoms with E-state index in [1.807, 2.05) is 13.8 Å². The van der Waals surface area contributed by atoms with E-state index in [1.54, 1.807) is 48.0 Å². The molecule has 2 N–H and O–H groups in total. The molecule has 3 aromatic rings. The molecule has 196 valence electrons. The van der Waals surface area contributed by atoms with Crippen molar-refractivity contribution in [2.75, 3.05) is 18.2 Å². The summed E-state index contributed by atoms with van der Waals surface area (Å²) in [5, 5.41) is 15.4. The van der Waals surface area contributed by atoms with Crippen molar-refractivity contribution in [2.45, 2.75) is 31.5 Å². The van der Waals surface area contributed by atoms with Crippen LogP contribution < -0.4 is 10.6 Å². The lowest BCUT2D eigenvalue weighted by atomic mass is 10.0. The number of carbonyl (C=O) groups excluding carboxylic acids is 3. The fourth-order valence-electron chi connectivity index (χ4n) is 3.56. The number of rotatable bonds is 10. The third-order valence-electron chi connectivity index (χ3n) is 5.31. The maximum absolute atomic E-state index is 13.0. The predicted molar refractivity (Wildman–Crippen MR) is 144 cm³/mol. The number of hydrogen-bond acceptors (Lipinski definition) is 7. The molecule has 0 saturated carbocycles. The molecule has 2 amide bonds. The SMILES string of the molecule is COC(=O)c1ccccc1NC(=O)CSc1nnc([C@H](CC(C)C)NC(=O)c2ccc(Cl)cc2Cl)n1C. The van der Waals surface area contributed by atoms with Crippen LogP contribution in [0.5, 0.6) is 0 Å². The fraction of sp³-hybridized carbons (Fsp3) is 0.320. The summed E-state index contributed by atoms with van der Waals surface area (Å²) in [6.45, 7) is 4.08. The van der Waals surface area contributed by atoms with Crippen LogP contribution in [-0.4, -0.2) is 45.4 Å². The van der Waals surface area contributed by atoms with Crippen molar-refractivity contribution in [1.29, 1.82) is 0 Å². The summed E-state index contributed by atoms with van der Waals surface area (Å²) in [5.41, 5.74) is 0.928. The minimum atomic E-state index is -0.542. The summed E-state index contributed by atoms with van der Waals surface area (Å²) in [5.74, 6) is -0.392. The number of nitrogens with one attached hydrogen (secondary N) is 2. The molecule has 1 heterocycles. The fourth-order valence-corrected chi connectivity index (χ4v) is 4.77. The molecule has 0 spiro atoms. The molecular formula is C25H27Cl2N5O4S. The predicted octanol–water partition coefficient (Wildman–Crippen LogP) is 5.16. The standard InChI is InChI=1S/C25H27Cl2N5O4S/c1-14(2)11-20(29-23(34)16-10-9-15(26)12-18(16)27)22-30-31-25(32(22)3)37-13-21(33)28-19-8-6-5-7-17(19)24(35)36-4/h5-10,12,14,20H,11,13H2,1-4H3,(H,28,33)(H,29,34)/t20-/m0/s1. The van der Waals surface area contributed by atoms with E-state index in [2.05, 4.69) is 20.8 Å². The number of para-hydroxylation sites is 1. The van der Waals surface area contributed by atoms with Crippen LogP contribution in [0.2, 0.25) is 10.0 Å². The minimum absolute atomic E-state index is 0.0308. The van der Waals surface area contributed by atoms with Gasteiger partial charge in [0.15, 0.2) is 11.0 Å². The summed E-state index contributed by atoms with van der Waals surface area (Å²) >= 11 is 13.3. The number of hydrogen-bond donors (Lipinski definition) is 2. The number of methoxy groups -OCH3 is 1. The second-order valence-corrected chi connectivity index (χ2v) is 10.3. The Morgan fingerprint density at radius 1 is 1.08 bits per heavy atom. The highest BCUT2D eigenvalue weighted by Gasteiger charge is 2.25. The van der Waals surface area contributed by atoms with Crippen LogP contribution in [0.25, 0.3) is 0 Å². The van der Waals surface area contributed by atoms with E-state index in [0.29, 0.717) is 33.7 Å². The highest BCUT2D eigenvalue weighted by molar-refractivity contribution is 7.99. The number of halogens is 2. The van der Waals surface area contributed by atoms with Crippen molar-refractivity contribution in [3.63, 3.8) is 0 Å². The molecule has 0 fully saturated rings. The summed E-state index contributed by atoms with van der Waals surface area (Å²) in [6.07, 6.45) is 0.610. The zero-order chi connectivity index (χ0) is 27.1. The topological polar surface area (TPSA) is 115 Å². The lowest BCUT2D eigenvalue weighted by molar-refractivity contribution is -0.113. The summed E-state index contributed by atoms with van der Waals surface area (Å²) < 4.78 is 6.51. The Balaban J connectivity index is 1.71. The van der Waals surface area contributed by atoms with Crippen LogP contribution in [0.15, 0.2) is 47.6 Å². The molecule has 3 rings (SSSR count). The van der Waals surface area contributed by atoms with Gasteiger partial charge in [0.25, 0.3) is 5.91 Å². The molecule has 0 unspecified atom stereocenters. The van der Waals surface area contributed by atoms with Gasteiger partial charge in [-0.3, -0.25) is 9.59 Å². The minimum Gasteiger partial charge on any atom is -0.465 e. The number of benzene rings is 2. The summed E-state index contributed by atoms with van der Waals surface area (Å²) in [4.78, 5) is 37.5. The van der Waals surface area contributed by atoms with Crippen LogP contribution in [-0.2, 0) is 16.6 Å². The maximum atomic E-state index is 13.0. The van der Waals surface area contributed by atoms with Crippen LogP contribution in [0.3, 0.4) is 0 Å². The first kappa shape index (κ1) is 28.5. The molecule has 0 radical (unpaired) electrons. The van der Waals surface area contributed by atoms with Crippen molar-refractivity contribution in [3.8, 4) is 0 Å². The lowest BCUT2D eigenvalue weighted by Crippen LogP contribution is -2.31. The molecule has 2 aromatic carbocycles. The van der Waals surface area contributed by atoms with Gasteiger partial charge >= 0.3 is 5.97 Å². The van der Waals surface area contributed by atoms with Crippen LogP contribution in [0.4, 0.5) is 5.69 Å². The number of ether oxygens (including phenoxy) is 1. The molecule has 9 nitrogen and oxygen atoms in total. The molecule has 37 heavy (non-hydrogen) atoms. The van der Waals surface area contributed by atoms with Gasteiger partial charge < -0.3 is 19.9 Å². The first-order valence-electron chi connectivity index (χ1n) is 11.4. The van der Waals surface area contributed by atoms with Gasteiger partial charge in [-0.05, 0) is 42.7 Å². The third kappa shape index (κ3) is 7.47. The van der Waals surface area contributed by atoms with E-state index in [9.17, 15) is 14.4 Å². The monoisotopic (exact) mass is 563 g/mol. The Kier molecular flexibility index (Phi) is 9.96. The smallest absolute Gasteiger partial charge is 0.339 e. The number of nitrogens with zero attached hydrogens (tertiary/aromatic N) is 3. The molecule has 1 atom stereocenters. The molecule has 0 aliphatic carbocycles. The summed E-state index contributed by atoms with van der Waals surface area (Å²) in [6, 6.07) is 10.8. The second kappa shape index (κ2) is 12.9. The molecule has 0 saturated heterocycles. The molecule has 1 aromatic heterocycles. The van der Waals surface area contributed by atoms with Crippen molar-refractivity contribution >= 4 is 58.4 Å². The molecule has 0 aliphatic heterocycles. The highest BCUT2D eigenvalue weighted by atomic mass is 35.5. The second-order valence-electron chi connectivity index (χ2n) is 8.55. The third-order valence-corrected chi connectivity index (χ3v) is 6.88. The van der Waals surface area contributed by atoms with E-state index in [-0.39, 0.29) is 34.1 Å². The van der Waals surface area contributed by atoms with Crippen molar-refractivity contribution in [2.24, 2.45) is 13.0 Å². The van der Waals surface area contributed by atoms with Gasteiger partial charge in [-0.25, -0.2) is 4.79 Å². The van der Waals surface area contributed by atoms with Crippen molar-refractivity contribution < 1.29 is 19.1 Å². The Morgan fingerprint density at radius 2 is 1.81 bits per heavy atom. The largest absolute Gasteiger partial charge is 0.465 e. The Morgan fingerprint density at radius 3 is 2.49 bits per heavy atom. The Hall–Kier alpha value is -3.08. The van der Waals surface area contributed by atoms with Crippen molar-refractivity contribution in [3.05, 3.63) is 69.5 Å². The number of aromatic nitrogens is 3. The van der Waals surface area contributed by atoms with Gasteiger partial charge in [-0.15, -0.1) is 10.2 Å². The molecular weight excluding hydrogens is 537 g/mol. The quantitative estimate of drug-likeness (QED) is 0.258. The van der Waals surface area contributed by atoms with Crippen molar-refractivity contribution in [1.82, 2.24) is 20.1 Å². The Labute approximate surface area is 229 Å². The van der Waals surface area contributed by atoms with E-state index < -0.39 is 12.0 Å². The van der Waals surface area contributed by atoms with Gasteiger partial charge in [0.1, 0.15) is 0 Å². The van der Waals surface area contributed by atoms with E-state index in [1.165, 1.54) is 24.9 Å². The molecule has 0 bridgehead atoms. The van der Waals surface area contributed by atoms with Gasteiger partial charge in [0.05, 0.1) is 40.7 Å². The zero-order valence-corrected chi connectivity index (χ0v) is 23.1. The van der Waals surface area contributed by atoms with E-state index >= 15 is 0 Å². The first-order chi connectivity index (χ1) is 17.6. The Bertz CT molecular complexity index is 1300. The average Bonchev–Trinajstić information content (AvgIpc) is 3.21. The van der Waals surface area contributed by atoms with E-state index in [0.717, 1.165) is 0 Å². The first-order valence-corrected chi connectivity index (χ1v) is 13.1. The van der Waals surface area contributed by atoms with Crippen LogP contribution in [0, 0.1) is 5.92 Å². The number of esters is 1. The average molecular weight is 564 g/mol. The normalized spacial score (nSPS) is 11.8. The number of anilines is 1. The number of carbonyl (C=O) groups is 3. The van der Waals surface area contributed by atoms with Gasteiger partial charge in [0.2, 0.25) is 5.91 Å². The van der Waals surface area contributed by atoms with Gasteiger partial charge in [0, 0.05) is 12.1 Å². The zero-order valence-electron chi connectivity index (χ0n) is 20.7. The maximum Gasteiger partial charge on any atom is 0.339 e. The summed E-state index contributed by atoms with van der Waals surface area (Å²) in [7, 11) is 3.05. The molecule has 0 aliphatic rings. The van der Waals surface area contributed by atoms with Crippen LogP contribution >= 0.6 is 35.0 Å². The molecule has 12 heteroatoms. The highest BCUT2D eigenvalue weighted by Crippen LogP contribution is 2.26. The van der Waals surface area contributed by atoms with E-state index in [4.69, 9.17) is 27.9 Å². The number of thioether (sulfide) groups is 1.